The van der Waals surface area contributed by atoms with Crippen molar-refractivity contribution in [1.29, 1.82) is 0 Å². The van der Waals surface area contributed by atoms with Gasteiger partial charge in [0.15, 0.2) is 0 Å². The zero-order chi connectivity index (χ0) is 9.23. The van der Waals surface area contributed by atoms with Gasteiger partial charge in [-0.1, -0.05) is 46.4 Å². The first-order valence-electron chi connectivity index (χ1n) is 4.11. The van der Waals surface area contributed by atoms with Crippen molar-refractivity contribution in [2.45, 2.75) is 34.6 Å². The first-order valence-corrected chi connectivity index (χ1v) is 4.11. The Bertz CT molecular complexity index is 167. The van der Waals surface area contributed by atoms with E-state index in [0.29, 0.717) is 11.3 Å². The minimum Gasteiger partial charge on any atom is -0.0958 e. The summed E-state index contributed by atoms with van der Waals surface area (Å²) >= 11 is 0. The van der Waals surface area contributed by atoms with Gasteiger partial charge in [0.2, 0.25) is 0 Å². The fraction of sp³-hybridized carbons (Fsp3) is 0.636. The lowest BCUT2D eigenvalue weighted by molar-refractivity contribution is 0.303. The quantitative estimate of drug-likeness (QED) is 0.528. The maximum Gasteiger partial charge on any atom is -0.0145 e. The van der Waals surface area contributed by atoms with Crippen molar-refractivity contribution in [3.8, 4) is 0 Å². The molecule has 0 aromatic heterocycles. The van der Waals surface area contributed by atoms with Crippen molar-refractivity contribution in [3.05, 3.63) is 24.3 Å². The molecule has 0 saturated heterocycles. The SMILES string of the molecule is C=C(C)C(=C)[C@H](C)C(C)(C)C. The van der Waals surface area contributed by atoms with E-state index in [2.05, 4.69) is 40.9 Å². The fourth-order valence-corrected chi connectivity index (χ4v) is 0.892. The summed E-state index contributed by atoms with van der Waals surface area (Å²) in [6.45, 7) is 18.8. The normalized spacial score (nSPS) is 14.3. The van der Waals surface area contributed by atoms with Crippen LogP contribution in [0.15, 0.2) is 24.3 Å². The van der Waals surface area contributed by atoms with E-state index in [0.717, 1.165) is 5.57 Å². The van der Waals surface area contributed by atoms with Crippen LogP contribution in [0.4, 0.5) is 0 Å². The van der Waals surface area contributed by atoms with Crippen molar-refractivity contribution in [3.63, 3.8) is 0 Å². The van der Waals surface area contributed by atoms with Crippen molar-refractivity contribution in [2.24, 2.45) is 11.3 Å². The molecule has 1 atom stereocenters. The molecule has 0 fully saturated rings. The topological polar surface area (TPSA) is 0 Å². The Labute approximate surface area is 71.0 Å². The molecule has 0 unspecified atom stereocenters. The third kappa shape index (κ3) is 2.92. The molecule has 0 heteroatoms. The molecule has 0 nitrogen and oxygen atoms in total. The predicted octanol–water partition coefficient (Wildman–Crippen LogP) is 3.80. The summed E-state index contributed by atoms with van der Waals surface area (Å²) in [7, 11) is 0. The Morgan fingerprint density at radius 2 is 1.55 bits per heavy atom. The molecule has 0 amide bonds. The summed E-state index contributed by atoms with van der Waals surface area (Å²) < 4.78 is 0. The van der Waals surface area contributed by atoms with Crippen molar-refractivity contribution in [1.82, 2.24) is 0 Å². The van der Waals surface area contributed by atoms with E-state index >= 15 is 0 Å². The summed E-state index contributed by atoms with van der Waals surface area (Å²) in [5.41, 5.74) is 2.58. The third-order valence-corrected chi connectivity index (χ3v) is 2.37. The Morgan fingerprint density at radius 1 is 1.18 bits per heavy atom. The van der Waals surface area contributed by atoms with E-state index in [1.54, 1.807) is 0 Å². The zero-order valence-corrected chi connectivity index (χ0v) is 8.49. The van der Waals surface area contributed by atoms with Crippen LogP contribution in [0, 0.1) is 11.3 Å². The smallest absolute Gasteiger partial charge is 0.0145 e. The highest BCUT2D eigenvalue weighted by Crippen LogP contribution is 2.33. The molecule has 0 aliphatic rings. The molecule has 0 bridgehead atoms. The van der Waals surface area contributed by atoms with Crippen LogP contribution in [0.1, 0.15) is 34.6 Å². The molecule has 0 rings (SSSR count). The molecular formula is C11H20. The molecule has 0 radical (unpaired) electrons. The minimum absolute atomic E-state index is 0.302. The highest BCUT2D eigenvalue weighted by Gasteiger charge is 2.22. The van der Waals surface area contributed by atoms with E-state index in [1.165, 1.54) is 5.57 Å². The summed E-state index contributed by atoms with van der Waals surface area (Å²) in [5.74, 6) is 0.514. The molecule has 0 spiro atoms. The van der Waals surface area contributed by atoms with E-state index in [4.69, 9.17) is 0 Å². The molecular weight excluding hydrogens is 132 g/mol. The lowest BCUT2D eigenvalue weighted by Gasteiger charge is -2.29. The van der Waals surface area contributed by atoms with Crippen LogP contribution in [0.5, 0.6) is 0 Å². The maximum absolute atomic E-state index is 4.02. The molecule has 0 aliphatic heterocycles. The molecule has 0 saturated carbocycles. The largest absolute Gasteiger partial charge is 0.0958 e. The number of hydrogen-bond acceptors (Lipinski definition) is 0. The highest BCUT2D eigenvalue weighted by atomic mass is 14.3. The van der Waals surface area contributed by atoms with E-state index in [-0.39, 0.29) is 0 Å². The maximum atomic E-state index is 4.02. The first kappa shape index (κ1) is 10.5. The summed E-state index contributed by atoms with van der Waals surface area (Å²) in [4.78, 5) is 0. The average Bonchev–Trinajstić information content (AvgIpc) is 1.82. The summed E-state index contributed by atoms with van der Waals surface area (Å²) in [6, 6.07) is 0. The highest BCUT2D eigenvalue weighted by molar-refractivity contribution is 5.26. The Morgan fingerprint density at radius 3 is 1.64 bits per heavy atom. The van der Waals surface area contributed by atoms with Crippen molar-refractivity contribution < 1.29 is 0 Å². The van der Waals surface area contributed by atoms with E-state index < -0.39 is 0 Å². The molecule has 11 heavy (non-hydrogen) atoms. The van der Waals surface area contributed by atoms with Gasteiger partial charge in [0.1, 0.15) is 0 Å². The standard InChI is InChI=1S/C11H20/c1-8(2)9(3)10(4)11(5,6)7/h10H,1,3H2,2,4-7H3/t10-/m0/s1. The van der Waals surface area contributed by atoms with Gasteiger partial charge in [0.05, 0.1) is 0 Å². The summed E-state index contributed by atoms with van der Waals surface area (Å²) in [5, 5.41) is 0. The van der Waals surface area contributed by atoms with Gasteiger partial charge in [0.25, 0.3) is 0 Å². The molecule has 0 aliphatic carbocycles. The average molecular weight is 152 g/mol. The van der Waals surface area contributed by atoms with Gasteiger partial charge in [0, 0.05) is 0 Å². The van der Waals surface area contributed by atoms with Crippen LogP contribution in [-0.4, -0.2) is 0 Å². The Hall–Kier alpha value is -0.520. The molecule has 64 valence electrons. The predicted molar refractivity (Wildman–Crippen MR) is 52.6 cm³/mol. The van der Waals surface area contributed by atoms with Gasteiger partial charge in [-0.15, -0.1) is 0 Å². The number of rotatable bonds is 2. The molecule has 0 heterocycles. The van der Waals surface area contributed by atoms with Crippen LogP contribution >= 0.6 is 0 Å². The Balaban J connectivity index is 4.38. The van der Waals surface area contributed by atoms with Gasteiger partial charge in [-0.05, 0) is 23.8 Å². The van der Waals surface area contributed by atoms with Gasteiger partial charge in [-0.2, -0.15) is 0 Å². The fourth-order valence-electron chi connectivity index (χ4n) is 0.892. The third-order valence-electron chi connectivity index (χ3n) is 2.37. The van der Waals surface area contributed by atoms with Crippen LogP contribution in [-0.2, 0) is 0 Å². The second-order valence-electron chi connectivity index (χ2n) is 4.39. The van der Waals surface area contributed by atoms with Gasteiger partial charge in [-0.25, -0.2) is 0 Å². The van der Waals surface area contributed by atoms with Gasteiger partial charge < -0.3 is 0 Å². The van der Waals surface area contributed by atoms with Gasteiger partial charge in [-0.3, -0.25) is 0 Å². The van der Waals surface area contributed by atoms with Crippen LogP contribution < -0.4 is 0 Å². The van der Waals surface area contributed by atoms with Crippen LogP contribution in [0.3, 0.4) is 0 Å². The molecule has 0 aromatic carbocycles. The molecule has 0 N–H and O–H groups in total. The van der Waals surface area contributed by atoms with Crippen LogP contribution in [0.2, 0.25) is 0 Å². The minimum atomic E-state index is 0.302. The second-order valence-corrected chi connectivity index (χ2v) is 4.39. The number of hydrogen-bond donors (Lipinski definition) is 0. The van der Waals surface area contributed by atoms with Crippen molar-refractivity contribution in [2.75, 3.05) is 0 Å². The summed E-state index contributed by atoms with van der Waals surface area (Å²) in [6.07, 6.45) is 0. The Kier molecular flexibility index (Phi) is 3.10. The van der Waals surface area contributed by atoms with E-state index in [9.17, 15) is 0 Å². The number of allylic oxidation sites excluding steroid dienone is 2. The van der Waals surface area contributed by atoms with E-state index in [1.807, 2.05) is 6.92 Å². The first-order chi connectivity index (χ1) is 4.76. The van der Waals surface area contributed by atoms with Gasteiger partial charge >= 0.3 is 0 Å². The molecule has 0 aromatic rings. The lowest BCUT2D eigenvalue weighted by atomic mass is 9.76. The second kappa shape index (κ2) is 3.25. The zero-order valence-electron chi connectivity index (χ0n) is 8.49. The van der Waals surface area contributed by atoms with Crippen molar-refractivity contribution >= 4 is 0 Å². The lowest BCUT2D eigenvalue weighted by Crippen LogP contribution is -2.19. The van der Waals surface area contributed by atoms with Crippen LogP contribution in [0.25, 0.3) is 0 Å². The monoisotopic (exact) mass is 152 g/mol.